The normalized spacial score (nSPS) is 20.9. The van der Waals surface area contributed by atoms with E-state index in [9.17, 15) is 9.59 Å². The van der Waals surface area contributed by atoms with E-state index in [4.69, 9.17) is 14.3 Å². The van der Waals surface area contributed by atoms with Gasteiger partial charge in [-0.2, -0.15) is 0 Å². The van der Waals surface area contributed by atoms with Crippen LogP contribution >= 0.6 is 0 Å². The summed E-state index contributed by atoms with van der Waals surface area (Å²) in [6.45, 7) is 13.5. The summed E-state index contributed by atoms with van der Waals surface area (Å²) >= 11 is 0. The molecule has 9 nitrogen and oxygen atoms in total. The van der Waals surface area contributed by atoms with E-state index >= 15 is 0 Å². The lowest BCUT2D eigenvalue weighted by Crippen LogP contribution is -2.45. The highest BCUT2D eigenvalue weighted by Crippen LogP contribution is 2.27. The van der Waals surface area contributed by atoms with Crippen LogP contribution in [0.1, 0.15) is 78.8 Å². The Morgan fingerprint density at radius 1 is 1.24 bits per heavy atom. The van der Waals surface area contributed by atoms with Crippen molar-refractivity contribution in [2.45, 2.75) is 91.1 Å². The van der Waals surface area contributed by atoms with Crippen LogP contribution in [0.2, 0.25) is 0 Å². The van der Waals surface area contributed by atoms with Crippen LogP contribution in [0, 0.1) is 5.92 Å². The number of ether oxygens (including phenoxy) is 2. The molecule has 0 radical (unpaired) electrons. The van der Waals surface area contributed by atoms with Crippen molar-refractivity contribution < 1.29 is 23.9 Å². The Hall–Kier alpha value is -2.49. The predicted octanol–water partition coefficient (Wildman–Crippen LogP) is 4.92. The van der Waals surface area contributed by atoms with Gasteiger partial charge in [-0.15, -0.1) is 0 Å². The number of rotatable bonds is 10. The van der Waals surface area contributed by atoms with E-state index in [1.54, 1.807) is 23.2 Å². The first-order chi connectivity index (χ1) is 17.7. The van der Waals surface area contributed by atoms with Gasteiger partial charge in [0, 0.05) is 38.7 Å². The van der Waals surface area contributed by atoms with Gasteiger partial charge in [0.15, 0.2) is 6.29 Å². The molecule has 1 unspecified atom stereocenters. The van der Waals surface area contributed by atoms with E-state index in [1.807, 2.05) is 26.8 Å². The zero-order chi connectivity index (χ0) is 26.8. The molecule has 2 amide bonds. The predicted molar refractivity (Wildman–Crippen MR) is 144 cm³/mol. The molecule has 0 aliphatic carbocycles. The topological polar surface area (TPSA) is 93.2 Å². The van der Waals surface area contributed by atoms with Gasteiger partial charge in [0.25, 0.3) is 5.91 Å². The molecule has 1 N–H and O–H groups in total. The van der Waals surface area contributed by atoms with Gasteiger partial charge >= 0.3 is 6.09 Å². The molecule has 0 saturated carbocycles. The molecular formula is C28H44N4O5. The summed E-state index contributed by atoms with van der Waals surface area (Å²) in [6.07, 6.45) is 9.86. The summed E-state index contributed by atoms with van der Waals surface area (Å²) in [5, 5.41) is 0. The van der Waals surface area contributed by atoms with Gasteiger partial charge in [-0.05, 0) is 64.2 Å². The second-order valence-electron chi connectivity index (χ2n) is 10.9. The molecule has 1 aromatic heterocycles. The highest BCUT2D eigenvalue weighted by Gasteiger charge is 2.35. The van der Waals surface area contributed by atoms with Gasteiger partial charge in [-0.25, -0.2) is 15.1 Å². The molecule has 1 aromatic rings. The van der Waals surface area contributed by atoms with Crippen LogP contribution in [-0.4, -0.2) is 66.1 Å². The van der Waals surface area contributed by atoms with E-state index in [-0.39, 0.29) is 18.0 Å². The van der Waals surface area contributed by atoms with E-state index in [1.165, 1.54) is 6.08 Å². The summed E-state index contributed by atoms with van der Waals surface area (Å²) in [4.78, 5) is 39.3. The van der Waals surface area contributed by atoms with Crippen LogP contribution in [0.5, 0.6) is 0 Å². The summed E-state index contributed by atoms with van der Waals surface area (Å²) in [7, 11) is 0. The Bertz CT molecular complexity index is 889. The number of hydrogen-bond donors (Lipinski definition) is 1. The number of nitrogens with zero attached hydrogens (tertiary/aromatic N) is 3. The molecule has 9 heteroatoms. The van der Waals surface area contributed by atoms with E-state index in [0.29, 0.717) is 23.9 Å². The van der Waals surface area contributed by atoms with Crippen LogP contribution in [0.25, 0.3) is 6.08 Å². The molecule has 0 spiro atoms. The Labute approximate surface area is 221 Å². The first-order valence-electron chi connectivity index (χ1n) is 13.6. The minimum absolute atomic E-state index is 0.0114. The molecule has 2 fully saturated rings. The molecule has 0 bridgehead atoms. The zero-order valence-corrected chi connectivity index (χ0v) is 23.1. The van der Waals surface area contributed by atoms with Crippen LogP contribution in [0.15, 0.2) is 24.4 Å². The maximum Gasteiger partial charge on any atom is 0.415 e. The lowest BCUT2D eigenvalue weighted by Gasteiger charge is -2.32. The summed E-state index contributed by atoms with van der Waals surface area (Å²) in [5.74, 6) is 0.276. The summed E-state index contributed by atoms with van der Waals surface area (Å²) in [5.41, 5.74) is 3.08. The fourth-order valence-electron chi connectivity index (χ4n) is 4.64. The third-order valence-corrected chi connectivity index (χ3v) is 6.76. The highest BCUT2D eigenvalue weighted by atomic mass is 16.8. The van der Waals surface area contributed by atoms with Crippen molar-refractivity contribution in [2.24, 2.45) is 5.92 Å². The van der Waals surface area contributed by atoms with Crippen LogP contribution < -0.4 is 10.4 Å². The maximum absolute atomic E-state index is 13.3. The molecule has 37 heavy (non-hydrogen) atoms. The van der Waals surface area contributed by atoms with Crippen molar-refractivity contribution >= 4 is 23.8 Å². The minimum Gasteiger partial charge on any atom is -0.443 e. The second-order valence-corrected chi connectivity index (χ2v) is 10.9. The molecular weight excluding hydrogens is 472 g/mol. The molecule has 206 valence electrons. The summed E-state index contributed by atoms with van der Waals surface area (Å²) < 4.78 is 11.2. The van der Waals surface area contributed by atoms with Gasteiger partial charge in [0.05, 0.1) is 23.6 Å². The molecule has 3 rings (SSSR count). The lowest BCUT2D eigenvalue weighted by molar-refractivity contribution is -0.198. The Morgan fingerprint density at radius 3 is 2.65 bits per heavy atom. The van der Waals surface area contributed by atoms with E-state index < -0.39 is 11.9 Å². The molecule has 2 aliphatic heterocycles. The van der Waals surface area contributed by atoms with Crippen LogP contribution in [0.4, 0.5) is 10.5 Å². The fourth-order valence-corrected chi connectivity index (χ4v) is 4.64. The first kappa shape index (κ1) is 29.1. The maximum atomic E-state index is 13.3. The van der Waals surface area contributed by atoms with Crippen molar-refractivity contribution in [1.82, 2.24) is 15.4 Å². The van der Waals surface area contributed by atoms with Gasteiger partial charge in [-0.1, -0.05) is 26.7 Å². The minimum atomic E-state index is -0.600. The molecule has 2 saturated heterocycles. The monoisotopic (exact) mass is 516 g/mol. The second kappa shape index (κ2) is 13.9. The Kier molecular flexibility index (Phi) is 10.9. The third kappa shape index (κ3) is 9.39. The number of likely N-dealkylation sites (tertiary alicyclic amines) is 1. The molecule has 2 aliphatic rings. The van der Waals surface area contributed by atoms with Crippen molar-refractivity contribution in [1.29, 1.82) is 0 Å². The Balaban J connectivity index is 1.64. The zero-order valence-electron chi connectivity index (χ0n) is 23.1. The van der Waals surface area contributed by atoms with Gasteiger partial charge < -0.3 is 14.4 Å². The highest BCUT2D eigenvalue weighted by molar-refractivity contribution is 5.91. The number of nitrogens with one attached hydrogen (secondary N) is 1. The van der Waals surface area contributed by atoms with E-state index in [0.717, 1.165) is 58.2 Å². The number of carbonyl (C=O) groups is 2. The number of amides is 2. The Morgan fingerprint density at radius 2 is 2.03 bits per heavy atom. The quantitative estimate of drug-likeness (QED) is 0.348. The molecule has 2 atom stereocenters. The lowest BCUT2D eigenvalue weighted by atomic mass is 10.0. The van der Waals surface area contributed by atoms with Crippen molar-refractivity contribution in [2.75, 3.05) is 31.1 Å². The number of aromatic nitrogens is 1. The third-order valence-electron chi connectivity index (χ3n) is 6.76. The number of hydroxylamine groups is 1. The van der Waals surface area contributed by atoms with Crippen molar-refractivity contribution in [3.8, 4) is 0 Å². The van der Waals surface area contributed by atoms with Crippen LogP contribution in [0.3, 0.4) is 0 Å². The average molecular weight is 517 g/mol. The number of pyridine rings is 1. The number of hydrogen-bond acceptors (Lipinski definition) is 7. The number of anilines is 1. The van der Waals surface area contributed by atoms with Crippen molar-refractivity contribution in [3.05, 3.63) is 30.1 Å². The van der Waals surface area contributed by atoms with Gasteiger partial charge in [-0.3, -0.25) is 14.7 Å². The van der Waals surface area contributed by atoms with Gasteiger partial charge in [0.1, 0.15) is 5.60 Å². The largest absolute Gasteiger partial charge is 0.443 e. The van der Waals surface area contributed by atoms with Crippen molar-refractivity contribution in [3.63, 3.8) is 0 Å². The SMILES string of the molecule is CCC(CC)CN1CC[C@@H](N(C(=O)OC(C)(C)C)c2ccc(/C=C/C(=O)NOC3CCCCO3)nc2)C1. The number of carbonyl (C=O) groups excluding carboxylic acids is 2. The van der Waals surface area contributed by atoms with Gasteiger partial charge in [0.2, 0.25) is 0 Å². The average Bonchev–Trinajstić information content (AvgIpc) is 3.33. The summed E-state index contributed by atoms with van der Waals surface area (Å²) in [6, 6.07) is 3.65. The standard InChI is InChI=1S/C28H44N4O5/c1-6-21(7-2)19-31-16-15-24(20-31)32(27(34)36-28(3,4)5)23-13-11-22(29-18-23)12-14-25(33)30-37-26-10-8-9-17-35-26/h11-14,18,21,24,26H,6-10,15-17,19-20H2,1-5H3,(H,30,33)/b14-12+/t24-,26?/m1/s1. The fraction of sp³-hybridized carbons (Fsp3) is 0.679. The van der Waals surface area contributed by atoms with Crippen LogP contribution in [-0.2, 0) is 19.1 Å². The van der Waals surface area contributed by atoms with E-state index in [2.05, 4.69) is 29.2 Å². The molecule has 0 aromatic carbocycles. The molecule has 3 heterocycles. The first-order valence-corrected chi connectivity index (χ1v) is 13.6. The smallest absolute Gasteiger partial charge is 0.415 e.